The molecule has 0 aromatic rings. The van der Waals surface area contributed by atoms with E-state index in [4.69, 9.17) is 0 Å². The number of hydrogen-bond acceptors (Lipinski definition) is 2. The van der Waals surface area contributed by atoms with E-state index in [1.807, 2.05) is 0 Å². The summed E-state index contributed by atoms with van der Waals surface area (Å²) in [5, 5.41) is 3.53. The SMILES string of the molecule is CNC1CCC(C(C)C)CC1CN(C)C(C)C. The van der Waals surface area contributed by atoms with Gasteiger partial charge in [0.15, 0.2) is 0 Å². The Hall–Kier alpha value is -0.0800. The highest BCUT2D eigenvalue weighted by Gasteiger charge is 2.31. The molecular formula is C15H32N2. The summed E-state index contributed by atoms with van der Waals surface area (Å²) >= 11 is 0. The van der Waals surface area contributed by atoms with Crippen LogP contribution in [0.1, 0.15) is 47.0 Å². The molecule has 2 heteroatoms. The number of nitrogens with one attached hydrogen (secondary N) is 1. The third kappa shape index (κ3) is 4.26. The van der Waals surface area contributed by atoms with Crippen molar-refractivity contribution in [2.24, 2.45) is 17.8 Å². The fraction of sp³-hybridized carbons (Fsp3) is 1.00. The van der Waals surface area contributed by atoms with Crippen molar-refractivity contribution in [2.45, 2.75) is 59.0 Å². The van der Waals surface area contributed by atoms with Gasteiger partial charge in [0, 0.05) is 18.6 Å². The zero-order valence-corrected chi connectivity index (χ0v) is 12.7. The van der Waals surface area contributed by atoms with Crippen LogP contribution in [0.15, 0.2) is 0 Å². The van der Waals surface area contributed by atoms with Crippen molar-refractivity contribution in [3.63, 3.8) is 0 Å². The molecule has 1 saturated carbocycles. The molecule has 0 aromatic heterocycles. The first-order chi connectivity index (χ1) is 7.95. The highest BCUT2D eigenvalue weighted by atomic mass is 15.1. The smallest absolute Gasteiger partial charge is 0.0105 e. The third-order valence-electron chi connectivity index (χ3n) is 4.74. The average molecular weight is 240 g/mol. The van der Waals surface area contributed by atoms with E-state index in [1.54, 1.807) is 0 Å². The molecule has 102 valence electrons. The normalized spacial score (nSPS) is 30.5. The Labute approximate surface area is 108 Å². The Morgan fingerprint density at radius 2 is 1.82 bits per heavy atom. The van der Waals surface area contributed by atoms with E-state index in [2.05, 4.69) is 52.0 Å². The molecule has 0 bridgehead atoms. The maximum atomic E-state index is 3.53. The Morgan fingerprint density at radius 3 is 2.29 bits per heavy atom. The number of hydrogen-bond donors (Lipinski definition) is 1. The second-order valence-corrected chi connectivity index (χ2v) is 6.51. The Morgan fingerprint density at radius 1 is 1.18 bits per heavy atom. The van der Waals surface area contributed by atoms with Crippen LogP contribution in [0.3, 0.4) is 0 Å². The Balaban J connectivity index is 2.57. The lowest BCUT2D eigenvalue weighted by Gasteiger charge is -2.40. The van der Waals surface area contributed by atoms with Crippen LogP contribution in [0.2, 0.25) is 0 Å². The molecule has 1 aliphatic rings. The minimum Gasteiger partial charge on any atom is -0.317 e. The minimum absolute atomic E-state index is 0.659. The summed E-state index contributed by atoms with van der Waals surface area (Å²) in [5.74, 6) is 2.61. The van der Waals surface area contributed by atoms with Crippen molar-refractivity contribution in [3.8, 4) is 0 Å². The van der Waals surface area contributed by atoms with Gasteiger partial charge in [0.1, 0.15) is 0 Å². The minimum atomic E-state index is 0.659. The zero-order chi connectivity index (χ0) is 13.0. The van der Waals surface area contributed by atoms with Gasteiger partial charge in [0.2, 0.25) is 0 Å². The number of nitrogens with zero attached hydrogens (tertiary/aromatic N) is 1. The van der Waals surface area contributed by atoms with Crippen molar-refractivity contribution in [1.82, 2.24) is 10.2 Å². The second-order valence-electron chi connectivity index (χ2n) is 6.51. The summed E-state index contributed by atoms with van der Waals surface area (Å²) in [5.41, 5.74) is 0. The molecule has 0 saturated heterocycles. The van der Waals surface area contributed by atoms with Gasteiger partial charge in [-0.25, -0.2) is 0 Å². The quantitative estimate of drug-likeness (QED) is 0.795. The highest BCUT2D eigenvalue weighted by Crippen LogP contribution is 2.34. The molecule has 3 unspecified atom stereocenters. The maximum Gasteiger partial charge on any atom is 0.0105 e. The van der Waals surface area contributed by atoms with E-state index in [9.17, 15) is 0 Å². The van der Waals surface area contributed by atoms with Crippen LogP contribution in [0.25, 0.3) is 0 Å². The van der Waals surface area contributed by atoms with Crippen LogP contribution in [0.4, 0.5) is 0 Å². The maximum absolute atomic E-state index is 3.53. The summed E-state index contributed by atoms with van der Waals surface area (Å²) in [7, 11) is 4.39. The van der Waals surface area contributed by atoms with Crippen molar-refractivity contribution < 1.29 is 0 Å². The molecule has 1 fully saturated rings. The van der Waals surface area contributed by atoms with Gasteiger partial charge in [0.05, 0.1) is 0 Å². The predicted octanol–water partition coefficient (Wildman–Crippen LogP) is 2.99. The molecule has 1 aliphatic carbocycles. The topological polar surface area (TPSA) is 15.3 Å². The summed E-state index contributed by atoms with van der Waals surface area (Å²) in [4.78, 5) is 2.50. The van der Waals surface area contributed by atoms with Crippen LogP contribution in [-0.4, -0.2) is 37.6 Å². The van der Waals surface area contributed by atoms with Gasteiger partial charge in [-0.2, -0.15) is 0 Å². The first-order valence-electron chi connectivity index (χ1n) is 7.33. The predicted molar refractivity (Wildman–Crippen MR) is 76.3 cm³/mol. The van der Waals surface area contributed by atoms with Gasteiger partial charge < -0.3 is 10.2 Å². The molecule has 2 nitrogen and oxygen atoms in total. The largest absolute Gasteiger partial charge is 0.317 e. The van der Waals surface area contributed by atoms with Crippen molar-refractivity contribution in [1.29, 1.82) is 0 Å². The van der Waals surface area contributed by atoms with Gasteiger partial charge in [-0.3, -0.25) is 0 Å². The van der Waals surface area contributed by atoms with E-state index in [0.717, 1.165) is 23.8 Å². The van der Waals surface area contributed by atoms with E-state index in [0.29, 0.717) is 6.04 Å². The van der Waals surface area contributed by atoms with Gasteiger partial charge >= 0.3 is 0 Å². The molecule has 0 radical (unpaired) electrons. The molecule has 0 amide bonds. The standard InChI is InChI=1S/C15H32N2/c1-11(2)13-7-8-15(16-5)14(9-13)10-17(6)12(3)4/h11-16H,7-10H2,1-6H3. The van der Waals surface area contributed by atoms with Crippen LogP contribution >= 0.6 is 0 Å². The van der Waals surface area contributed by atoms with Crippen molar-refractivity contribution in [3.05, 3.63) is 0 Å². The van der Waals surface area contributed by atoms with E-state index < -0.39 is 0 Å². The fourth-order valence-corrected chi connectivity index (χ4v) is 3.07. The van der Waals surface area contributed by atoms with Gasteiger partial charge in [-0.15, -0.1) is 0 Å². The van der Waals surface area contributed by atoms with Crippen molar-refractivity contribution in [2.75, 3.05) is 20.6 Å². The van der Waals surface area contributed by atoms with Crippen LogP contribution in [0, 0.1) is 17.8 Å². The lowest BCUT2D eigenvalue weighted by molar-refractivity contribution is 0.124. The van der Waals surface area contributed by atoms with E-state index in [-0.39, 0.29) is 0 Å². The zero-order valence-electron chi connectivity index (χ0n) is 12.7. The summed E-state index contributed by atoms with van der Waals surface area (Å²) < 4.78 is 0. The second kappa shape index (κ2) is 6.75. The fourth-order valence-electron chi connectivity index (χ4n) is 3.07. The lowest BCUT2D eigenvalue weighted by atomic mass is 9.73. The molecule has 0 spiro atoms. The van der Waals surface area contributed by atoms with Gasteiger partial charge in [-0.1, -0.05) is 13.8 Å². The Bertz CT molecular complexity index is 211. The van der Waals surface area contributed by atoms with Gasteiger partial charge in [0.25, 0.3) is 0 Å². The van der Waals surface area contributed by atoms with Crippen LogP contribution in [0.5, 0.6) is 0 Å². The summed E-state index contributed by atoms with van der Waals surface area (Å²) in [6.07, 6.45) is 4.17. The first kappa shape index (κ1) is 15.0. The third-order valence-corrected chi connectivity index (χ3v) is 4.74. The molecule has 0 aliphatic heterocycles. The molecule has 0 heterocycles. The first-order valence-corrected chi connectivity index (χ1v) is 7.33. The Kier molecular flexibility index (Phi) is 5.94. The molecule has 17 heavy (non-hydrogen) atoms. The summed E-state index contributed by atoms with van der Waals surface area (Å²) in [6.45, 7) is 10.6. The van der Waals surface area contributed by atoms with Gasteiger partial charge in [-0.05, 0) is 65.0 Å². The number of rotatable bonds is 5. The highest BCUT2D eigenvalue weighted by molar-refractivity contribution is 4.86. The lowest BCUT2D eigenvalue weighted by Crippen LogP contribution is -2.45. The van der Waals surface area contributed by atoms with Crippen molar-refractivity contribution >= 4 is 0 Å². The monoisotopic (exact) mass is 240 g/mol. The van der Waals surface area contributed by atoms with Crippen LogP contribution < -0.4 is 5.32 Å². The molecule has 3 atom stereocenters. The average Bonchev–Trinajstić information content (AvgIpc) is 2.28. The summed E-state index contributed by atoms with van der Waals surface area (Å²) in [6, 6.07) is 1.39. The van der Waals surface area contributed by atoms with Crippen LogP contribution in [-0.2, 0) is 0 Å². The molecule has 1 N–H and O–H groups in total. The molecule has 0 aromatic carbocycles. The molecule has 1 rings (SSSR count). The van der Waals surface area contributed by atoms with E-state index in [1.165, 1.54) is 25.8 Å². The molecular weight excluding hydrogens is 208 g/mol. The van der Waals surface area contributed by atoms with E-state index >= 15 is 0 Å².